The van der Waals surface area contributed by atoms with E-state index in [1.165, 1.54) is 4.90 Å². The number of likely N-dealkylation sites (tertiary alicyclic amines) is 1. The molecular weight excluding hydrogens is 353 g/mol. The van der Waals surface area contributed by atoms with E-state index >= 15 is 0 Å². The number of likely N-dealkylation sites (N-methyl/N-ethyl adjacent to an activating group) is 1. The van der Waals surface area contributed by atoms with Crippen molar-refractivity contribution in [2.75, 3.05) is 31.6 Å². The number of amides is 2. The highest BCUT2D eigenvalue weighted by Crippen LogP contribution is 2.22. The summed E-state index contributed by atoms with van der Waals surface area (Å²) in [6.07, 6.45) is -0.155. The highest BCUT2D eigenvalue weighted by atomic mass is 19.1. The number of nitrogens with one attached hydrogen (secondary N) is 1. The van der Waals surface area contributed by atoms with Crippen LogP contribution in [0.25, 0.3) is 0 Å². The molecule has 0 saturated carbocycles. The predicted octanol–water partition coefficient (Wildman–Crippen LogP) is 1.34. The van der Waals surface area contributed by atoms with Crippen molar-refractivity contribution in [2.45, 2.75) is 58.0 Å². The summed E-state index contributed by atoms with van der Waals surface area (Å²) >= 11 is 0. The first-order valence-electron chi connectivity index (χ1n) is 9.32. The highest BCUT2D eigenvalue weighted by molar-refractivity contribution is 5.98. The lowest BCUT2D eigenvalue weighted by molar-refractivity contribution is -0.120. The molecular formula is C18H28FN5O3. The fourth-order valence-corrected chi connectivity index (χ4v) is 3.28. The largest absolute Gasteiger partial charge is 0.444 e. The molecule has 1 aromatic rings. The second-order valence-electron chi connectivity index (χ2n) is 8.21. The molecule has 9 heteroatoms. The summed E-state index contributed by atoms with van der Waals surface area (Å²) in [5.74, 6) is 0.504. The van der Waals surface area contributed by atoms with Crippen LogP contribution in [0.2, 0.25) is 0 Å². The Balaban J connectivity index is 1.60. The summed E-state index contributed by atoms with van der Waals surface area (Å²) in [6, 6.07) is 1.23. The number of anilines is 1. The number of alkyl halides is 1. The quantitative estimate of drug-likeness (QED) is 0.851. The smallest absolute Gasteiger partial charge is 0.408 e. The van der Waals surface area contributed by atoms with Gasteiger partial charge in [0.05, 0.1) is 5.69 Å². The normalized spacial score (nSPS) is 21.4. The van der Waals surface area contributed by atoms with Crippen LogP contribution in [0.3, 0.4) is 0 Å². The molecule has 1 N–H and O–H groups in total. The van der Waals surface area contributed by atoms with E-state index in [0.29, 0.717) is 38.3 Å². The van der Waals surface area contributed by atoms with Crippen molar-refractivity contribution < 1.29 is 18.7 Å². The van der Waals surface area contributed by atoms with Gasteiger partial charge in [-0.25, -0.2) is 13.9 Å². The zero-order valence-electron chi connectivity index (χ0n) is 16.4. The van der Waals surface area contributed by atoms with Crippen molar-refractivity contribution in [3.63, 3.8) is 0 Å². The van der Waals surface area contributed by atoms with Gasteiger partial charge >= 0.3 is 6.09 Å². The van der Waals surface area contributed by atoms with Gasteiger partial charge in [-0.2, -0.15) is 5.10 Å². The number of rotatable bonds is 4. The van der Waals surface area contributed by atoms with Crippen LogP contribution < -0.4 is 10.2 Å². The van der Waals surface area contributed by atoms with Crippen LogP contribution in [0.15, 0.2) is 6.07 Å². The third-order valence-electron chi connectivity index (χ3n) is 4.70. The zero-order valence-corrected chi connectivity index (χ0v) is 16.4. The van der Waals surface area contributed by atoms with E-state index in [1.807, 2.05) is 11.0 Å². The van der Waals surface area contributed by atoms with Gasteiger partial charge in [0.15, 0.2) is 0 Å². The Hall–Kier alpha value is -2.16. The van der Waals surface area contributed by atoms with Crippen molar-refractivity contribution in [1.82, 2.24) is 20.0 Å². The monoisotopic (exact) mass is 381 g/mol. The predicted molar refractivity (Wildman–Crippen MR) is 98.5 cm³/mol. The minimum absolute atomic E-state index is 0.200. The number of halogens is 1. The third kappa shape index (κ3) is 4.77. The average Bonchev–Trinajstić information content (AvgIpc) is 2.90. The summed E-state index contributed by atoms with van der Waals surface area (Å²) in [4.78, 5) is 28.3. The van der Waals surface area contributed by atoms with E-state index in [2.05, 4.69) is 10.4 Å². The van der Waals surface area contributed by atoms with E-state index in [1.54, 1.807) is 32.5 Å². The van der Waals surface area contributed by atoms with E-state index < -0.39 is 23.9 Å². The molecule has 1 fully saturated rings. The number of aryl methyl sites for hydroxylation is 1. The number of hydrogen-bond acceptors (Lipinski definition) is 5. The second kappa shape index (κ2) is 7.46. The molecule has 3 heterocycles. The van der Waals surface area contributed by atoms with Crippen LogP contribution in [0.5, 0.6) is 0 Å². The van der Waals surface area contributed by atoms with Gasteiger partial charge in [-0.3, -0.25) is 14.6 Å². The molecule has 8 nitrogen and oxygen atoms in total. The summed E-state index contributed by atoms with van der Waals surface area (Å²) < 4.78 is 19.9. The lowest BCUT2D eigenvalue weighted by atomic mass is 10.1. The lowest BCUT2D eigenvalue weighted by Gasteiger charge is -2.33. The molecule has 2 aliphatic rings. The van der Waals surface area contributed by atoms with Gasteiger partial charge in [-0.15, -0.1) is 0 Å². The first-order chi connectivity index (χ1) is 12.6. The standard InChI is InChI=1S/C18H28FN5O3/c1-18(2,3)27-17(26)20-14-6-8-24-15(22(4)16(14)25)9-13(21-24)5-7-23-10-12(19)11-23/h9,12,14H,5-8,10-11H2,1-4H3,(H,20,26). The third-order valence-corrected chi connectivity index (χ3v) is 4.70. The molecule has 3 rings (SSSR count). The van der Waals surface area contributed by atoms with Gasteiger partial charge in [-0.1, -0.05) is 0 Å². The first kappa shape index (κ1) is 19.6. The topological polar surface area (TPSA) is 79.7 Å². The molecule has 0 radical (unpaired) electrons. The van der Waals surface area contributed by atoms with Gasteiger partial charge in [0.2, 0.25) is 0 Å². The average molecular weight is 381 g/mol. The second-order valence-corrected chi connectivity index (χ2v) is 8.21. The first-order valence-corrected chi connectivity index (χ1v) is 9.32. The molecule has 0 spiro atoms. The number of hydrogen-bond donors (Lipinski definition) is 1. The Morgan fingerprint density at radius 3 is 2.74 bits per heavy atom. The van der Waals surface area contributed by atoms with E-state index in [9.17, 15) is 14.0 Å². The maximum Gasteiger partial charge on any atom is 0.408 e. The fraction of sp³-hybridized carbons (Fsp3) is 0.722. The Labute approximate surface area is 158 Å². The van der Waals surface area contributed by atoms with Crippen LogP contribution in [0.1, 0.15) is 32.9 Å². The summed E-state index contributed by atoms with van der Waals surface area (Å²) in [5.41, 5.74) is 0.259. The zero-order chi connectivity index (χ0) is 19.8. The van der Waals surface area contributed by atoms with Crippen molar-refractivity contribution in [2.24, 2.45) is 0 Å². The van der Waals surface area contributed by atoms with Crippen LogP contribution >= 0.6 is 0 Å². The van der Waals surface area contributed by atoms with E-state index in [-0.39, 0.29) is 5.91 Å². The van der Waals surface area contributed by atoms with Crippen molar-refractivity contribution in [1.29, 1.82) is 0 Å². The molecule has 150 valence electrons. The number of fused-ring (bicyclic) bond motifs is 1. The molecule has 1 atom stereocenters. The molecule has 0 aromatic carbocycles. The SMILES string of the molecule is CN1C(=O)C(NC(=O)OC(C)(C)C)CCn2nc(CCN3CC(F)C3)cc21. The maximum atomic E-state index is 12.9. The van der Waals surface area contributed by atoms with Gasteiger partial charge < -0.3 is 10.1 Å². The van der Waals surface area contributed by atoms with Crippen molar-refractivity contribution in [3.8, 4) is 0 Å². The van der Waals surface area contributed by atoms with E-state index in [0.717, 1.165) is 12.2 Å². The minimum Gasteiger partial charge on any atom is -0.444 e. The Bertz CT molecular complexity index is 708. The summed E-state index contributed by atoms with van der Waals surface area (Å²) in [6.45, 7) is 7.59. The van der Waals surface area contributed by atoms with E-state index in [4.69, 9.17) is 4.74 Å². The molecule has 2 aliphatic heterocycles. The molecule has 2 amide bonds. The lowest BCUT2D eigenvalue weighted by Crippen LogP contribution is -2.49. The van der Waals surface area contributed by atoms with Crippen molar-refractivity contribution >= 4 is 17.8 Å². The molecule has 0 aliphatic carbocycles. The van der Waals surface area contributed by atoms with Crippen molar-refractivity contribution in [3.05, 3.63) is 11.8 Å². The minimum atomic E-state index is -0.707. The van der Waals surface area contributed by atoms with Gasteiger partial charge in [-0.05, 0) is 27.2 Å². The van der Waals surface area contributed by atoms with Crippen LogP contribution in [0.4, 0.5) is 15.0 Å². The number of ether oxygens (including phenoxy) is 1. The van der Waals surface area contributed by atoms with Gasteiger partial charge in [0.1, 0.15) is 23.6 Å². The number of carbonyl (C=O) groups is 2. The molecule has 0 bridgehead atoms. The number of carbonyl (C=O) groups excluding carboxylic acids is 2. The Kier molecular flexibility index (Phi) is 5.41. The number of nitrogens with zero attached hydrogens (tertiary/aromatic N) is 4. The summed E-state index contributed by atoms with van der Waals surface area (Å²) in [7, 11) is 1.68. The van der Waals surface area contributed by atoms with Crippen LogP contribution in [-0.2, 0) is 22.5 Å². The molecule has 1 unspecified atom stereocenters. The highest BCUT2D eigenvalue weighted by Gasteiger charge is 2.32. The Morgan fingerprint density at radius 2 is 2.11 bits per heavy atom. The number of aromatic nitrogens is 2. The van der Waals surface area contributed by atoms with Gasteiger partial charge in [0, 0.05) is 45.7 Å². The molecule has 1 saturated heterocycles. The fourth-order valence-electron chi connectivity index (χ4n) is 3.28. The number of alkyl carbamates (subject to hydrolysis) is 1. The maximum absolute atomic E-state index is 12.9. The summed E-state index contributed by atoms with van der Waals surface area (Å²) in [5, 5.41) is 7.24. The molecule has 1 aromatic heterocycles. The van der Waals surface area contributed by atoms with Gasteiger partial charge in [0.25, 0.3) is 5.91 Å². The molecule has 27 heavy (non-hydrogen) atoms. The van der Waals surface area contributed by atoms with Crippen LogP contribution in [0, 0.1) is 0 Å². The van der Waals surface area contributed by atoms with Crippen LogP contribution in [-0.4, -0.2) is 71.2 Å². The Morgan fingerprint density at radius 1 is 1.41 bits per heavy atom.